The Morgan fingerprint density at radius 1 is 1.41 bits per heavy atom. The summed E-state index contributed by atoms with van der Waals surface area (Å²) in [4.78, 5) is 2.02. The minimum atomic E-state index is 0.572. The third-order valence-electron chi connectivity index (χ3n) is 2.66. The Hall–Kier alpha value is -2.17. The summed E-state index contributed by atoms with van der Waals surface area (Å²) in [5.41, 5.74) is 7.77. The summed E-state index contributed by atoms with van der Waals surface area (Å²) in [6.45, 7) is 0.716. The van der Waals surface area contributed by atoms with Gasteiger partial charge in [0, 0.05) is 19.2 Å². The topological polar surface area (TPSA) is 67.2 Å². The van der Waals surface area contributed by atoms with Crippen molar-refractivity contribution in [1.82, 2.24) is 10.2 Å². The van der Waals surface area contributed by atoms with Gasteiger partial charge in [0.1, 0.15) is 11.6 Å². The summed E-state index contributed by atoms with van der Waals surface area (Å²) in [6, 6.07) is 7.92. The Labute approximate surface area is 100 Å². The molecule has 0 aliphatic heterocycles. The quantitative estimate of drug-likeness (QED) is 0.841. The number of nitrogens with zero attached hydrogens (tertiary/aromatic N) is 2. The first kappa shape index (κ1) is 11.3. The molecule has 90 valence electrons. The molecule has 5 heteroatoms. The van der Waals surface area contributed by atoms with E-state index in [0.717, 1.165) is 17.0 Å². The average Bonchev–Trinajstić information content (AvgIpc) is 2.76. The van der Waals surface area contributed by atoms with Gasteiger partial charge in [0.15, 0.2) is 0 Å². The lowest BCUT2D eigenvalue weighted by Gasteiger charge is -2.19. The fourth-order valence-electron chi connectivity index (χ4n) is 1.77. The van der Waals surface area contributed by atoms with Crippen LogP contribution in [0.4, 0.5) is 11.5 Å². The number of hydrogen-bond acceptors (Lipinski definition) is 4. The van der Waals surface area contributed by atoms with Crippen LogP contribution in [-0.2, 0) is 6.54 Å². The highest BCUT2D eigenvalue weighted by molar-refractivity contribution is 5.62. The summed E-state index contributed by atoms with van der Waals surface area (Å²) in [7, 11) is 3.64. The Bertz CT molecular complexity index is 495. The van der Waals surface area contributed by atoms with Gasteiger partial charge < -0.3 is 15.4 Å². The molecule has 0 amide bonds. The van der Waals surface area contributed by atoms with E-state index in [2.05, 4.69) is 10.2 Å². The van der Waals surface area contributed by atoms with Crippen LogP contribution in [0.5, 0.6) is 5.75 Å². The molecule has 1 aromatic carbocycles. The number of aromatic amines is 1. The number of methoxy groups -OCH3 is 1. The second kappa shape index (κ2) is 4.78. The minimum Gasteiger partial charge on any atom is -0.496 e. The van der Waals surface area contributed by atoms with Crippen LogP contribution < -0.4 is 15.4 Å². The molecular weight excluding hydrogens is 216 g/mol. The lowest BCUT2D eigenvalue weighted by Crippen LogP contribution is -2.17. The van der Waals surface area contributed by atoms with Crippen LogP contribution in [0, 0.1) is 0 Å². The van der Waals surface area contributed by atoms with E-state index < -0.39 is 0 Å². The van der Waals surface area contributed by atoms with Gasteiger partial charge in [0.05, 0.1) is 19.0 Å². The Morgan fingerprint density at radius 2 is 2.18 bits per heavy atom. The van der Waals surface area contributed by atoms with Crippen molar-refractivity contribution >= 4 is 11.5 Å². The second-order valence-corrected chi connectivity index (χ2v) is 3.84. The molecule has 0 saturated heterocycles. The molecule has 2 aromatic rings. The van der Waals surface area contributed by atoms with E-state index in [1.165, 1.54) is 0 Å². The predicted octanol–water partition coefficient (Wildman–Crippen LogP) is 1.64. The summed E-state index contributed by atoms with van der Waals surface area (Å²) < 4.78 is 5.31. The molecule has 0 aliphatic rings. The first-order valence-electron chi connectivity index (χ1n) is 5.34. The molecule has 0 atom stereocenters. The third kappa shape index (κ3) is 2.33. The van der Waals surface area contributed by atoms with Gasteiger partial charge in [-0.15, -0.1) is 0 Å². The molecule has 3 N–H and O–H groups in total. The van der Waals surface area contributed by atoms with E-state index >= 15 is 0 Å². The molecule has 0 spiro atoms. The number of para-hydroxylation sites is 1. The van der Waals surface area contributed by atoms with Crippen molar-refractivity contribution in [3.8, 4) is 5.75 Å². The Balaban J connectivity index is 2.18. The molecular formula is C12H16N4O. The van der Waals surface area contributed by atoms with Gasteiger partial charge in [-0.2, -0.15) is 5.10 Å². The smallest absolute Gasteiger partial charge is 0.142 e. The number of H-pyrrole nitrogens is 1. The number of rotatable bonds is 4. The average molecular weight is 232 g/mol. The zero-order valence-corrected chi connectivity index (χ0v) is 9.97. The molecule has 2 rings (SSSR count). The van der Waals surface area contributed by atoms with Gasteiger partial charge in [0.25, 0.3) is 0 Å². The van der Waals surface area contributed by atoms with E-state index in [9.17, 15) is 0 Å². The normalized spacial score (nSPS) is 10.2. The molecule has 5 nitrogen and oxygen atoms in total. The lowest BCUT2D eigenvalue weighted by atomic mass is 10.2. The van der Waals surface area contributed by atoms with Gasteiger partial charge in [0.2, 0.25) is 0 Å². The number of benzene rings is 1. The van der Waals surface area contributed by atoms with Crippen LogP contribution in [0.1, 0.15) is 5.56 Å². The van der Waals surface area contributed by atoms with Gasteiger partial charge in [-0.05, 0) is 6.07 Å². The van der Waals surface area contributed by atoms with Crippen LogP contribution in [-0.4, -0.2) is 24.4 Å². The monoisotopic (exact) mass is 232 g/mol. The largest absolute Gasteiger partial charge is 0.496 e. The third-order valence-corrected chi connectivity index (χ3v) is 2.66. The van der Waals surface area contributed by atoms with Gasteiger partial charge in [-0.3, -0.25) is 5.10 Å². The highest BCUT2D eigenvalue weighted by Gasteiger charge is 2.10. The number of hydrogen-bond donors (Lipinski definition) is 2. The zero-order valence-electron chi connectivity index (χ0n) is 9.97. The van der Waals surface area contributed by atoms with Crippen LogP contribution in [0.25, 0.3) is 0 Å². The standard InChI is InChI=1S/C12H16N4O/c1-16(10-7-14-15-12(10)13)8-9-5-3-4-6-11(9)17-2/h3-7H,8H2,1-2H3,(H3,13,14,15). The number of anilines is 2. The molecule has 0 unspecified atom stereocenters. The number of ether oxygens (including phenoxy) is 1. The molecule has 0 bridgehead atoms. The first-order valence-corrected chi connectivity index (χ1v) is 5.34. The summed E-state index contributed by atoms with van der Waals surface area (Å²) in [6.07, 6.45) is 1.71. The molecule has 17 heavy (non-hydrogen) atoms. The van der Waals surface area contributed by atoms with Crippen molar-refractivity contribution in [1.29, 1.82) is 0 Å². The van der Waals surface area contributed by atoms with E-state index in [1.54, 1.807) is 13.3 Å². The maximum Gasteiger partial charge on any atom is 0.142 e. The Kier molecular flexibility index (Phi) is 3.18. The van der Waals surface area contributed by atoms with Crippen molar-refractivity contribution in [2.45, 2.75) is 6.54 Å². The molecule has 1 aromatic heterocycles. The summed E-state index contributed by atoms with van der Waals surface area (Å²) in [5, 5.41) is 6.62. The lowest BCUT2D eigenvalue weighted by molar-refractivity contribution is 0.409. The maximum atomic E-state index is 5.77. The van der Waals surface area contributed by atoms with E-state index in [4.69, 9.17) is 10.5 Å². The molecule has 1 heterocycles. The van der Waals surface area contributed by atoms with Crippen LogP contribution in [0.2, 0.25) is 0 Å². The van der Waals surface area contributed by atoms with Crippen molar-refractivity contribution in [3.63, 3.8) is 0 Å². The fourth-order valence-corrected chi connectivity index (χ4v) is 1.77. The van der Waals surface area contributed by atoms with Crippen molar-refractivity contribution in [3.05, 3.63) is 36.0 Å². The number of nitrogens with one attached hydrogen (secondary N) is 1. The van der Waals surface area contributed by atoms with E-state index in [1.807, 2.05) is 36.2 Å². The van der Waals surface area contributed by atoms with Crippen LogP contribution in [0.15, 0.2) is 30.5 Å². The van der Waals surface area contributed by atoms with Gasteiger partial charge in [-0.25, -0.2) is 0 Å². The van der Waals surface area contributed by atoms with Crippen LogP contribution >= 0.6 is 0 Å². The second-order valence-electron chi connectivity index (χ2n) is 3.84. The van der Waals surface area contributed by atoms with Crippen molar-refractivity contribution in [2.75, 3.05) is 24.8 Å². The first-order chi connectivity index (χ1) is 8.22. The molecule has 0 fully saturated rings. The van der Waals surface area contributed by atoms with Crippen molar-refractivity contribution in [2.24, 2.45) is 0 Å². The summed E-state index contributed by atoms with van der Waals surface area (Å²) >= 11 is 0. The Morgan fingerprint density at radius 3 is 2.82 bits per heavy atom. The summed E-state index contributed by atoms with van der Waals surface area (Å²) in [5.74, 6) is 1.45. The molecule has 0 aliphatic carbocycles. The highest BCUT2D eigenvalue weighted by Crippen LogP contribution is 2.24. The SMILES string of the molecule is COc1ccccc1CN(C)c1cn[nH]c1N. The van der Waals surface area contributed by atoms with Crippen molar-refractivity contribution < 1.29 is 4.74 Å². The minimum absolute atomic E-state index is 0.572. The molecule has 0 saturated carbocycles. The highest BCUT2D eigenvalue weighted by atomic mass is 16.5. The van der Waals surface area contributed by atoms with E-state index in [-0.39, 0.29) is 0 Å². The van der Waals surface area contributed by atoms with Gasteiger partial charge >= 0.3 is 0 Å². The maximum absolute atomic E-state index is 5.77. The fraction of sp³-hybridized carbons (Fsp3) is 0.250. The number of nitrogen functional groups attached to an aromatic ring is 1. The van der Waals surface area contributed by atoms with Crippen LogP contribution in [0.3, 0.4) is 0 Å². The zero-order chi connectivity index (χ0) is 12.3. The predicted molar refractivity (Wildman–Crippen MR) is 68.1 cm³/mol. The number of aromatic nitrogens is 2. The number of nitrogens with two attached hydrogens (primary N) is 1. The van der Waals surface area contributed by atoms with E-state index in [0.29, 0.717) is 12.4 Å². The van der Waals surface area contributed by atoms with Gasteiger partial charge in [-0.1, -0.05) is 18.2 Å². The molecule has 0 radical (unpaired) electrons.